The maximum absolute atomic E-state index is 13.6. The lowest BCUT2D eigenvalue weighted by Gasteiger charge is -2.36. The standard InChI is InChI=1S/C19H24ClN5O4S/c1-2-9-25(19(17(26)27)7-3-4-8-19)30(28,29)12-5-6-13-14(10-12)16(24-18(21)22)23-11-15(13)20/h5-6,10-11H,2-4,7-9H2,1H3,(H,26,27)(H4,21,22,23,24). The van der Waals surface area contributed by atoms with Crippen molar-refractivity contribution in [3.63, 3.8) is 0 Å². The highest BCUT2D eigenvalue weighted by molar-refractivity contribution is 7.89. The molecule has 1 aliphatic rings. The Bertz CT molecular complexity index is 1110. The van der Waals surface area contributed by atoms with Crippen LogP contribution in [0.3, 0.4) is 0 Å². The molecule has 0 unspecified atom stereocenters. The zero-order valence-electron chi connectivity index (χ0n) is 16.5. The summed E-state index contributed by atoms with van der Waals surface area (Å²) in [7, 11) is -4.13. The van der Waals surface area contributed by atoms with Crippen LogP contribution < -0.4 is 11.5 Å². The van der Waals surface area contributed by atoms with Gasteiger partial charge in [0.2, 0.25) is 10.0 Å². The van der Waals surface area contributed by atoms with Crippen molar-refractivity contribution < 1.29 is 18.3 Å². The summed E-state index contributed by atoms with van der Waals surface area (Å²) < 4.78 is 28.3. The molecule has 162 valence electrons. The third-order valence-electron chi connectivity index (χ3n) is 5.35. The lowest BCUT2D eigenvalue weighted by Crippen LogP contribution is -2.55. The smallest absolute Gasteiger partial charge is 0.325 e. The molecule has 9 nitrogen and oxygen atoms in total. The van der Waals surface area contributed by atoms with Gasteiger partial charge < -0.3 is 16.6 Å². The molecule has 2 aromatic rings. The van der Waals surface area contributed by atoms with Crippen LogP contribution in [0, 0.1) is 0 Å². The third-order valence-corrected chi connectivity index (χ3v) is 7.61. The molecule has 1 aromatic heterocycles. The van der Waals surface area contributed by atoms with Crippen molar-refractivity contribution in [2.45, 2.75) is 49.5 Å². The fraction of sp³-hybridized carbons (Fsp3) is 0.421. The highest BCUT2D eigenvalue weighted by Gasteiger charge is 2.51. The number of benzene rings is 1. The molecule has 1 fully saturated rings. The zero-order valence-corrected chi connectivity index (χ0v) is 18.1. The van der Waals surface area contributed by atoms with Crippen LogP contribution >= 0.6 is 11.6 Å². The minimum absolute atomic E-state index is 0.0629. The van der Waals surface area contributed by atoms with Gasteiger partial charge >= 0.3 is 5.97 Å². The lowest BCUT2D eigenvalue weighted by molar-refractivity contribution is -0.148. The normalized spacial score (nSPS) is 16.1. The Balaban J connectivity index is 2.21. The maximum atomic E-state index is 13.6. The SMILES string of the molecule is CCCN(C1(C(=O)O)CCCC1)S(=O)(=O)c1ccc2c(Cl)cnc(N=C(N)N)c2c1. The Labute approximate surface area is 179 Å². The molecule has 0 bridgehead atoms. The zero-order chi connectivity index (χ0) is 22.1. The summed E-state index contributed by atoms with van der Waals surface area (Å²) in [6.45, 7) is 1.91. The molecule has 1 aliphatic carbocycles. The number of halogens is 1. The fourth-order valence-corrected chi connectivity index (χ4v) is 6.09. The number of carbonyl (C=O) groups is 1. The lowest BCUT2D eigenvalue weighted by atomic mass is 9.98. The molecule has 30 heavy (non-hydrogen) atoms. The van der Waals surface area contributed by atoms with Gasteiger partial charge in [-0.05, 0) is 31.4 Å². The predicted octanol–water partition coefficient (Wildman–Crippen LogP) is 2.59. The summed E-state index contributed by atoms with van der Waals surface area (Å²) in [5.74, 6) is -1.23. The van der Waals surface area contributed by atoms with Gasteiger partial charge in [-0.1, -0.05) is 37.4 Å². The number of hydrogen-bond donors (Lipinski definition) is 3. The molecule has 0 atom stereocenters. The minimum atomic E-state index is -4.13. The summed E-state index contributed by atoms with van der Waals surface area (Å²) in [5, 5.41) is 11.1. The number of carboxylic acids is 1. The highest BCUT2D eigenvalue weighted by Crippen LogP contribution is 2.40. The molecule has 1 saturated carbocycles. The molecule has 0 aliphatic heterocycles. The number of carboxylic acid groups (broad SMARTS) is 1. The molecule has 5 N–H and O–H groups in total. The topological polar surface area (TPSA) is 152 Å². The number of hydrogen-bond acceptors (Lipinski definition) is 5. The van der Waals surface area contributed by atoms with Gasteiger partial charge in [-0.15, -0.1) is 0 Å². The van der Waals surface area contributed by atoms with E-state index in [4.69, 9.17) is 23.1 Å². The summed E-state index contributed by atoms with van der Waals surface area (Å²) in [4.78, 5) is 20.1. The number of nitrogens with zero attached hydrogens (tertiary/aromatic N) is 3. The number of fused-ring (bicyclic) bond motifs is 1. The van der Waals surface area contributed by atoms with Crippen molar-refractivity contribution in [2.75, 3.05) is 6.54 Å². The van der Waals surface area contributed by atoms with Gasteiger partial charge in [0.05, 0.1) is 9.92 Å². The van der Waals surface area contributed by atoms with Crippen LogP contribution in [0.2, 0.25) is 5.02 Å². The maximum Gasteiger partial charge on any atom is 0.325 e. The van der Waals surface area contributed by atoms with E-state index in [2.05, 4.69) is 9.98 Å². The molecule has 0 spiro atoms. The van der Waals surface area contributed by atoms with Crippen molar-refractivity contribution in [3.05, 3.63) is 29.4 Å². The van der Waals surface area contributed by atoms with Gasteiger partial charge in [0.15, 0.2) is 11.8 Å². The average molecular weight is 454 g/mol. The summed E-state index contributed by atoms with van der Waals surface area (Å²) >= 11 is 6.20. The molecule has 1 heterocycles. The monoisotopic (exact) mass is 453 g/mol. The van der Waals surface area contributed by atoms with Crippen molar-refractivity contribution >= 4 is 50.1 Å². The fourth-order valence-electron chi connectivity index (χ4n) is 3.97. The molecule has 11 heteroatoms. The van der Waals surface area contributed by atoms with E-state index in [1.807, 2.05) is 6.92 Å². The Hall–Kier alpha value is -2.43. The highest BCUT2D eigenvalue weighted by atomic mass is 35.5. The van der Waals surface area contributed by atoms with Crippen LogP contribution in [0.5, 0.6) is 0 Å². The minimum Gasteiger partial charge on any atom is -0.480 e. The Morgan fingerprint density at radius 1 is 1.30 bits per heavy atom. The molecule has 0 saturated heterocycles. The quantitative estimate of drug-likeness (QED) is 0.430. The van der Waals surface area contributed by atoms with Crippen LogP contribution in [0.1, 0.15) is 39.0 Å². The van der Waals surface area contributed by atoms with Crippen molar-refractivity contribution in [3.8, 4) is 0 Å². The predicted molar refractivity (Wildman–Crippen MR) is 115 cm³/mol. The van der Waals surface area contributed by atoms with Crippen LogP contribution in [0.4, 0.5) is 5.82 Å². The molecular formula is C19H24ClN5O4S. The van der Waals surface area contributed by atoms with E-state index in [1.54, 1.807) is 6.07 Å². The largest absolute Gasteiger partial charge is 0.480 e. The second-order valence-corrected chi connectivity index (χ2v) is 9.56. The van der Waals surface area contributed by atoms with Gasteiger partial charge in [-0.2, -0.15) is 9.30 Å². The first kappa shape index (κ1) is 22.3. The van der Waals surface area contributed by atoms with Crippen molar-refractivity contribution in [2.24, 2.45) is 16.5 Å². The summed E-state index contributed by atoms with van der Waals surface area (Å²) in [6, 6.07) is 4.35. The van der Waals surface area contributed by atoms with Gasteiger partial charge in [0.1, 0.15) is 5.54 Å². The van der Waals surface area contributed by atoms with E-state index in [0.29, 0.717) is 35.1 Å². The van der Waals surface area contributed by atoms with Gasteiger partial charge in [0, 0.05) is 23.5 Å². The number of nitrogens with two attached hydrogens (primary N) is 2. The second kappa shape index (κ2) is 8.37. The van der Waals surface area contributed by atoms with E-state index >= 15 is 0 Å². The van der Waals surface area contributed by atoms with Crippen molar-refractivity contribution in [1.82, 2.24) is 9.29 Å². The number of aliphatic imine (C=N–C) groups is 1. The number of guanidine groups is 1. The van der Waals surface area contributed by atoms with Crippen LogP contribution in [0.15, 0.2) is 34.3 Å². The number of pyridine rings is 1. The van der Waals surface area contributed by atoms with Crippen LogP contribution in [-0.2, 0) is 14.8 Å². The Morgan fingerprint density at radius 2 is 1.97 bits per heavy atom. The molecular weight excluding hydrogens is 430 g/mol. The number of aliphatic carboxylic acids is 1. The van der Waals surface area contributed by atoms with E-state index in [1.165, 1.54) is 18.3 Å². The first-order chi connectivity index (χ1) is 14.1. The number of sulfonamides is 1. The molecule has 3 rings (SSSR count). The molecule has 0 amide bonds. The van der Waals surface area contributed by atoms with E-state index < -0.39 is 21.5 Å². The third kappa shape index (κ3) is 3.82. The number of rotatable bonds is 7. The summed E-state index contributed by atoms with van der Waals surface area (Å²) in [5.41, 5.74) is 9.48. The van der Waals surface area contributed by atoms with E-state index in [-0.39, 0.29) is 36.1 Å². The second-order valence-electron chi connectivity index (χ2n) is 7.29. The van der Waals surface area contributed by atoms with E-state index in [0.717, 1.165) is 4.31 Å². The van der Waals surface area contributed by atoms with Gasteiger partial charge in [-0.25, -0.2) is 13.4 Å². The Kier molecular flexibility index (Phi) is 6.21. The van der Waals surface area contributed by atoms with Gasteiger partial charge in [-0.3, -0.25) is 4.79 Å². The average Bonchev–Trinajstić information content (AvgIpc) is 3.18. The summed E-state index contributed by atoms with van der Waals surface area (Å²) in [6.07, 6.45) is 3.74. The van der Waals surface area contributed by atoms with Crippen LogP contribution in [-0.4, -0.2) is 46.8 Å². The molecule has 0 radical (unpaired) electrons. The van der Waals surface area contributed by atoms with Gasteiger partial charge in [0.25, 0.3) is 0 Å². The first-order valence-corrected chi connectivity index (χ1v) is 11.4. The van der Waals surface area contributed by atoms with Crippen LogP contribution in [0.25, 0.3) is 10.8 Å². The Morgan fingerprint density at radius 3 is 2.53 bits per heavy atom. The van der Waals surface area contributed by atoms with E-state index in [9.17, 15) is 18.3 Å². The van der Waals surface area contributed by atoms with Crippen molar-refractivity contribution in [1.29, 1.82) is 0 Å². The first-order valence-electron chi connectivity index (χ1n) is 9.57. The molecule has 1 aromatic carbocycles. The number of aromatic nitrogens is 1.